The van der Waals surface area contributed by atoms with Crippen molar-refractivity contribution >= 4 is 5.91 Å². The van der Waals surface area contributed by atoms with E-state index in [1.165, 1.54) is 10.6 Å². The average Bonchev–Trinajstić information content (AvgIpc) is 2.39. The quantitative estimate of drug-likeness (QED) is 0.806. The molecule has 0 atom stereocenters. The zero-order valence-corrected chi connectivity index (χ0v) is 11.2. The van der Waals surface area contributed by atoms with Crippen molar-refractivity contribution in [1.82, 2.24) is 9.88 Å². The minimum Gasteiger partial charge on any atom is -0.350 e. The van der Waals surface area contributed by atoms with Gasteiger partial charge in [-0.1, -0.05) is 13.8 Å². The molecule has 1 aromatic heterocycles. The van der Waals surface area contributed by atoms with Crippen LogP contribution >= 0.6 is 0 Å². The average molecular weight is 251 g/mol. The molecule has 0 radical (unpaired) electrons. The fraction of sp³-hybridized carbons (Fsp3) is 0.538. The van der Waals surface area contributed by atoms with E-state index in [1.54, 1.807) is 19.3 Å². The number of aryl methyl sites for hydroxylation is 1. The maximum absolute atomic E-state index is 11.9. The predicted molar refractivity (Wildman–Crippen MR) is 71.5 cm³/mol. The van der Waals surface area contributed by atoms with Crippen molar-refractivity contribution in [3.05, 3.63) is 34.2 Å². The van der Waals surface area contributed by atoms with Crippen LogP contribution in [0.2, 0.25) is 0 Å². The third-order valence-electron chi connectivity index (χ3n) is 3.38. The van der Waals surface area contributed by atoms with Gasteiger partial charge in [0.25, 0.3) is 11.5 Å². The summed E-state index contributed by atoms with van der Waals surface area (Å²) in [7, 11) is 1.62. The molecular formula is C13H21N3O2. The van der Waals surface area contributed by atoms with Gasteiger partial charge in [0.15, 0.2) is 0 Å². The van der Waals surface area contributed by atoms with E-state index in [0.717, 1.165) is 12.8 Å². The molecule has 100 valence electrons. The Morgan fingerprint density at radius 3 is 2.61 bits per heavy atom. The minimum atomic E-state index is -0.407. The highest BCUT2D eigenvalue weighted by molar-refractivity contribution is 5.93. The second kappa shape index (κ2) is 5.82. The number of carbonyl (C=O) groups excluding carboxylic acids is 1. The number of rotatable bonds is 5. The van der Waals surface area contributed by atoms with Crippen LogP contribution in [-0.4, -0.2) is 22.6 Å². The first-order chi connectivity index (χ1) is 8.43. The van der Waals surface area contributed by atoms with Crippen molar-refractivity contribution in [3.63, 3.8) is 0 Å². The number of pyridine rings is 1. The molecule has 0 fully saturated rings. The van der Waals surface area contributed by atoms with E-state index < -0.39 is 5.54 Å². The van der Waals surface area contributed by atoms with Crippen LogP contribution in [-0.2, 0) is 7.05 Å². The molecule has 5 nitrogen and oxygen atoms in total. The first-order valence-electron chi connectivity index (χ1n) is 6.16. The molecule has 0 aliphatic carbocycles. The van der Waals surface area contributed by atoms with E-state index in [0.29, 0.717) is 6.54 Å². The summed E-state index contributed by atoms with van der Waals surface area (Å²) in [5.74, 6) is -0.368. The van der Waals surface area contributed by atoms with E-state index in [-0.39, 0.29) is 17.0 Å². The van der Waals surface area contributed by atoms with Crippen molar-refractivity contribution < 1.29 is 4.79 Å². The Morgan fingerprint density at radius 2 is 2.06 bits per heavy atom. The van der Waals surface area contributed by atoms with E-state index >= 15 is 0 Å². The monoisotopic (exact) mass is 251 g/mol. The molecule has 0 bridgehead atoms. The Hall–Kier alpha value is -1.62. The molecule has 0 spiro atoms. The molecule has 0 aliphatic heterocycles. The minimum absolute atomic E-state index is 0.148. The summed E-state index contributed by atoms with van der Waals surface area (Å²) in [6, 6.07) is 3.19. The summed E-state index contributed by atoms with van der Waals surface area (Å²) in [6.07, 6.45) is 3.16. The van der Waals surface area contributed by atoms with Gasteiger partial charge in [-0.25, -0.2) is 0 Å². The molecule has 0 unspecified atom stereocenters. The number of nitrogens with zero attached hydrogens (tertiary/aromatic N) is 1. The largest absolute Gasteiger partial charge is 0.350 e. The Bertz CT molecular complexity index is 475. The number of aromatic nitrogens is 1. The van der Waals surface area contributed by atoms with Gasteiger partial charge in [0, 0.05) is 25.3 Å². The first-order valence-corrected chi connectivity index (χ1v) is 6.16. The van der Waals surface area contributed by atoms with Crippen LogP contribution in [0.3, 0.4) is 0 Å². The molecule has 0 aromatic carbocycles. The van der Waals surface area contributed by atoms with Crippen molar-refractivity contribution in [1.29, 1.82) is 0 Å². The van der Waals surface area contributed by atoms with Gasteiger partial charge in [0.2, 0.25) is 0 Å². The van der Waals surface area contributed by atoms with Gasteiger partial charge in [0.05, 0.1) is 0 Å². The fourth-order valence-electron chi connectivity index (χ4n) is 1.62. The molecule has 18 heavy (non-hydrogen) atoms. The predicted octanol–water partition coefficient (Wildman–Crippen LogP) is 0.633. The van der Waals surface area contributed by atoms with Crippen LogP contribution in [0.15, 0.2) is 23.1 Å². The Kier molecular flexibility index (Phi) is 4.67. The van der Waals surface area contributed by atoms with E-state index in [4.69, 9.17) is 5.73 Å². The summed E-state index contributed by atoms with van der Waals surface area (Å²) >= 11 is 0. The van der Waals surface area contributed by atoms with Crippen LogP contribution in [0.1, 0.15) is 37.0 Å². The maximum Gasteiger partial charge on any atom is 0.263 e. The normalized spacial score (nSPS) is 11.3. The van der Waals surface area contributed by atoms with Gasteiger partial charge in [-0.05, 0) is 25.0 Å². The molecule has 1 heterocycles. The van der Waals surface area contributed by atoms with Crippen LogP contribution in [0, 0.1) is 0 Å². The number of amides is 1. The molecule has 0 saturated heterocycles. The summed E-state index contributed by atoms with van der Waals surface area (Å²) in [5.41, 5.74) is 5.53. The molecule has 3 N–H and O–H groups in total. The van der Waals surface area contributed by atoms with E-state index in [2.05, 4.69) is 5.32 Å². The van der Waals surface area contributed by atoms with Crippen LogP contribution in [0.5, 0.6) is 0 Å². The standard InChI is InChI=1S/C13H21N3O2/c1-4-13(14,5-2)9-15-11(17)10-7-6-8-16(3)12(10)18/h6-8H,4-5,9,14H2,1-3H3,(H,15,17). The molecule has 0 saturated carbocycles. The third-order valence-corrected chi connectivity index (χ3v) is 3.38. The number of hydrogen-bond donors (Lipinski definition) is 2. The SMILES string of the molecule is CCC(N)(CC)CNC(=O)c1cccn(C)c1=O. The van der Waals surface area contributed by atoms with Crippen LogP contribution < -0.4 is 16.6 Å². The summed E-state index contributed by atoms with van der Waals surface area (Å²) in [4.78, 5) is 23.7. The van der Waals surface area contributed by atoms with E-state index in [9.17, 15) is 9.59 Å². The number of nitrogens with two attached hydrogens (primary N) is 1. The highest BCUT2D eigenvalue weighted by Gasteiger charge is 2.21. The van der Waals surface area contributed by atoms with Gasteiger partial charge in [0.1, 0.15) is 5.56 Å². The maximum atomic E-state index is 11.9. The fourth-order valence-corrected chi connectivity index (χ4v) is 1.62. The molecule has 1 amide bonds. The Morgan fingerprint density at radius 1 is 1.44 bits per heavy atom. The lowest BCUT2D eigenvalue weighted by Gasteiger charge is -2.26. The van der Waals surface area contributed by atoms with E-state index in [1.807, 2.05) is 13.8 Å². The number of hydrogen-bond acceptors (Lipinski definition) is 3. The van der Waals surface area contributed by atoms with Gasteiger partial charge < -0.3 is 15.6 Å². The number of nitrogens with one attached hydrogen (secondary N) is 1. The van der Waals surface area contributed by atoms with Gasteiger partial charge in [-0.15, -0.1) is 0 Å². The molecule has 1 aromatic rings. The van der Waals surface area contributed by atoms with Crippen LogP contribution in [0.4, 0.5) is 0 Å². The third kappa shape index (κ3) is 3.20. The van der Waals surface area contributed by atoms with Crippen molar-refractivity contribution in [2.24, 2.45) is 12.8 Å². The molecular weight excluding hydrogens is 230 g/mol. The smallest absolute Gasteiger partial charge is 0.263 e. The zero-order chi connectivity index (χ0) is 13.8. The number of carbonyl (C=O) groups is 1. The van der Waals surface area contributed by atoms with Gasteiger partial charge >= 0.3 is 0 Å². The molecule has 5 heteroatoms. The second-order valence-corrected chi connectivity index (χ2v) is 4.59. The highest BCUT2D eigenvalue weighted by Crippen LogP contribution is 2.09. The van der Waals surface area contributed by atoms with Gasteiger partial charge in [-0.2, -0.15) is 0 Å². The molecule has 0 aliphatic rings. The lowest BCUT2D eigenvalue weighted by atomic mass is 9.94. The Balaban J connectivity index is 2.78. The lowest BCUT2D eigenvalue weighted by Crippen LogP contribution is -2.49. The topological polar surface area (TPSA) is 77.1 Å². The molecule has 1 rings (SSSR count). The zero-order valence-electron chi connectivity index (χ0n) is 11.2. The van der Waals surface area contributed by atoms with Crippen molar-refractivity contribution in [2.45, 2.75) is 32.2 Å². The van der Waals surface area contributed by atoms with Crippen molar-refractivity contribution in [2.75, 3.05) is 6.54 Å². The summed E-state index contributed by atoms with van der Waals surface area (Å²) in [6.45, 7) is 4.34. The first kappa shape index (κ1) is 14.4. The summed E-state index contributed by atoms with van der Waals surface area (Å²) < 4.78 is 1.38. The van der Waals surface area contributed by atoms with Crippen LogP contribution in [0.25, 0.3) is 0 Å². The second-order valence-electron chi connectivity index (χ2n) is 4.59. The van der Waals surface area contributed by atoms with Gasteiger partial charge in [-0.3, -0.25) is 9.59 Å². The lowest BCUT2D eigenvalue weighted by molar-refractivity contribution is 0.0940. The summed E-state index contributed by atoms with van der Waals surface area (Å²) in [5, 5.41) is 2.73. The Labute approximate surface area is 107 Å². The highest BCUT2D eigenvalue weighted by atomic mass is 16.2. The van der Waals surface area contributed by atoms with Crippen molar-refractivity contribution in [3.8, 4) is 0 Å².